The van der Waals surface area contributed by atoms with Gasteiger partial charge in [0.15, 0.2) is 11.5 Å². The molecule has 0 saturated carbocycles. The van der Waals surface area contributed by atoms with Crippen LogP contribution in [0, 0.1) is 10.1 Å². The largest absolute Gasteiger partial charge is 0.454 e. The van der Waals surface area contributed by atoms with Crippen LogP contribution in [0.25, 0.3) is 10.8 Å². The molecule has 3 aliphatic rings. The molecule has 3 amide bonds. The molecule has 1 saturated heterocycles. The van der Waals surface area contributed by atoms with Crippen molar-refractivity contribution in [2.75, 3.05) is 44.4 Å². The van der Waals surface area contributed by atoms with Gasteiger partial charge in [-0.3, -0.25) is 24.6 Å². The maximum absolute atomic E-state index is 13.7. The van der Waals surface area contributed by atoms with Gasteiger partial charge in [0.1, 0.15) is 11.3 Å². The van der Waals surface area contributed by atoms with Crippen LogP contribution in [0.4, 0.5) is 16.2 Å². The van der Waals surface area contributed by atoms with E-state index in [4.69, 9.17) is 14.2 Å². The van der Waals surface area contributed by atoms with Gasteiger partial charge in [0.05, 0.1) is 10.5 Å². The fourth-order valence-electron chi connectivity index (χ4n) is 5.64. The molecule has 12 nitrogen and oxygen atoms in total. The normalized spacial score (nSPS) is 16.3. The molecule has 3 aromatic rings. The maximum atomic E-state index is 13.7. The van der Waals surface area contributed by atoms with Crippen LogP contribution in [-0.4, -0.2) is 77.7 Å². The summed E-state index contributed by atoms with van der Waals surface area (Å²) in [6.45, 7) is 6.87. The van der Waals surface area contributed by atoms with Gasteiger partial charge in [-0.25, -0.2) is 4.79 Å². The average molecular weight is 575 g/mol. The number of nitrogens with zero attached hydrogens (tertiary/aromatic N) is 4. The molecule has 0 N–H and O–H groups in total. The minimum absolute atomic E-state index is 0.0926. The fraction of sp³-hybridized carbons (Fsp3) is 0.367. The molecule has 3 aromatic carbocycles. The van der Waals surface area contributed by atoms with Crippen LogP contribution in [0.2, 0.25) is 0 Å². The van der Waals surface area contributed by atoms with E-state index in [1.807, 2.05) is 17.0 Å². The highest BCUT2D eigenvalue weighted by Crippen LogP contribution is 2.43. The number of carbonyl (C=O) groups excluding carboxylic acids is 3. The van der Waals surface area contributed by atoms with Crippen molar-refractivity contribution in [1.29, 1.82) is 0 Å². The summed E-state index contributed by atoms with van der Waals surface area (Å²) in [6.07, 6.45) is -0.0628. The Morgan fingerprint density at radius 2 is 1.69 bits per heavy atom. The van der Waals surface area contributed by atoms with Crippen molar-refractivity contribution in [1.82, 2.24) is 9.80 Å². The molecule has 12 heteroatoms. The van der Waals surface area contributed by atoms with Gasteiger partial charge >= 0.3 is 6.09 Å². The maximum Gasteiger partial charge on any atom is 0.410 e. The summed E-state index contributed by atoms with van der Waals surface area (Å²) in [5.74, 6) is 0.218. The van der Waals surface area contributed by atoms with Gasteiger partial charge in [0, 0.05) is 55.1 Å². The van der Waals surface area contributed by atoms with Crippen LogP contribution in [0.15, 0.2) is 42.5 Å². The number of nitro benzene ring substituents is 1. The number of rotatable bonds is 5. The summed E-state index contributed by atoms with van der Waals surface area (Å²) in [4.78, 5) is 56.3. The van der Waals surface area contributed by atoms with Crippen LogP contribution in [0.3, 0.4) is 0 Å². The van der Waals surface area contributed by atoms with Gasteiger partial charge in [-0.15, -0.1) is 0 Å². The molecule has 0 atom stereocenters. The minimum Gasteiger partial charge on any atom is -0.454 e. The number of fused-ring (bicyclic) bond motifs is 1. The molecule has 0 aromatic heterocycles. The van der Waals surface area contributed by atoms with Gasteiger partial charge < -0.3 is 24.0 Å². The Balaban J connectivity index is 1.30. The molecule has 0 spiro atoms. The first-order chi connectivity index (χ1) is 20.0. The summed E-state index contributed by atoms with van der Waals surface area (Å²) in [5.41, 5.74) is 0.763. The Bertz CT molecular complexity index is 1640. The van der Waals surface area contributed by atoms with Crippen molar-refractivity contribution < 1.29 is 33.5 Å². The zero-order chi connectivity index (χ0) is 29.8. The molecule has 0 radical (unpaired) electrons. The SMILES string of the molecule is CC(C)(C)OC(=O)N1CCN(c2c([N+](=O)[O-])cc3c4c(cccc24)C(=O)N(CCc2ccc4c(c2)OCO4)C3=O)CC1. The molecule has 218 valence electrons. The van der Waals surface area contributed by atoms with E-state index in [1.54, 1.807) is 49.9 Å². The number of hydrogen-bond donors (Lipinski definition) is 0. The first kappa shape index (κ1) is 27.3. The molecule has 6 rings (SSSR count). The lowest BCUT2D eigenvalue weighted by Gasteiger charge is -2.37. The van der Waals surface area contributed by atoms with E-state index in [-0.39, 0.29) is 24.6 Å². The van der Waals surface area contributed by atoms with Crippen LogP contribution in [0.5, 0.6) is 11.5 Å². The van der Waals surface area contributed by atoms with Crippen LogP contribution in [0.1, 0.15) is 47.1 Å². The van der Waals surface area contributed by atoms with E-state index in [2.05, 4.69) is 0 Å². The van der Waals surface area contributed by atoms with Crippen molar-refractivity contribution >= 4 is 40.1 Å². The Hall–Kier alpha value is -4.87. The van der Waals surface area contributed by atoms with Crippen LogP contribution < -0.4 is 14.4 Å². The van der Waals surface area contributed by atoms with Gasteiger partial charge in [-0.2, -0.15) is 0 Å². The van der Waals surface area contributed by atoms with Gasteiger partial charge in [-0.05, 0) is 51.0 Å². The monoisotopic (exact) mass is 574 g/mol. The van der Waals surface area contributed by atoms with Crippen molar-refractivity contribution in [3.8, 4) is 11.5 Å². The highest BCUT2D eigenvalue weighted by Gasteiger charge is 2.38. The number of piperazine rings is 1. The van der Waals surface area contributed by atoms with Gasteiger partial charge in [0.25, 0.3) is 17.5 Å². The van der Waals surface area contributed by atoms with E-state index in [9.17, 15) is 24.5 Å². The summed E-state index contributed by atoms with van der Waals surface area (Å²) in [6, 6.07) is 11.7. The standard InChI is InChI=1S/C30H30N4O8/c1-30(2,3)42-29(37)32-13-11-31(12-14-32)26-19-5-4-6-20-25(19)21(16-22(26)34(38)39)28(36)33(27(20)35)10-9-18-7-8-23-24(15-18)41-17-40-23/h4-8,15-16H,9-14,17H2,1-3H3. The third kappa shape index (κ3) is 4.82. The highest BCUT2D eigenvalue weighted by molar-refractivity contribution is 6.27. The Morgan fingerprint density at radius 3 is 2.40 bits per heavy atom. The van der Waals surface area contributed by atoms with Crippen molar-refractivity contribution in [2.45, 2.75) is 32.8 Å². The molecular formula is C30H30N4O8. The van der Waals surface area contributed by atoms with Gasteiger partial charge in [0.2, 0.25) is 6.79 Å². The Labute approximate surface area is 241 Å². The number of amides is 3. The number of anilines is 1. The minimum atomic E-state index is -0.638. The first-order valence-corrected chi connectivity index (χ1v) is 13.7. The van der Waals surface area contributed by atoms with Crippen LogP contribution in [-0.2, 0) is 11.2 Å². The van der Waals surface area contributed by atoms with Crippen molar-refractivity contribution in [2.24, 2.45) is 0 Å². The predicted molar refractivity (Wildman–Crippen MR) is 152 cm³/mol. The van der Waals surface area contributed by atoms with Crippen molar-refractivity contribution in [3.05, 3.63) is 69.3 Å². The predicted octanol–water partition coefficient (Wildman–Crippen LogP) is 4.37. The third-order valence-electron chi connectivity index (χ3n) is 7.57. The fourth-order valence-corrected chi connectivity index (χ4v) is 5.64. The molecule has 3 heterocycles. The van der Waals surface area contributed by atoms with Crippen LogP contribution >= 0.6 is 0 Å². The topological polar surface area (TPSA) is 132 Å². The third-order valence-corrected chi connectivity index (χ3v) is 7.57. The number of benzene rings is 3. The van der Waals surface area contributed by atoms with E-state index in [0.717, 1.165) is 10.5 Å². The van der Waals surface area contributed by atoms with Crippen molar-refractivity contribution in [3.63, 3.8) is 0 Å². The zero-order valence-electron chi connectivity index (χ0n) is 23.5. The zero-order valence-corrected chi connectivity index (χ0v) is 23.5. The second kappa shape index (κ2) is 10.2. The molecule has 0 bridgehead atoms. The quantitative estimate of drug-likeness (QED) is 0.248. The number of carbonyl (C=O) groups is 3. The summed E-state index contributed by atoms with van der Waals surface area (Å²) in [5, 5.41) is 13.2. The summed E-state index contributed by atoms with van der Waals surface area (Å²) < 4.78 is 16.3. The Morgan fingerprint density at radius 1 is 0.976 bits per heavy atom. The lowest BCUT2D eigenvalue weighted by molar-refractivity contribution is -0.384. The average Bonchev–Trinajstić information content (AvgIpc) is 3.42. The lowest BCUT2D eigenvalue weighted by Crippen LogP contribution is -2.50. The van der Waals surface area contributed by atoms with E-state index in [0.29, 0.717) is 66.1 Å². The Kier molecular flexibility index (Phi) is 6.63. The second-order valence-electron chi connectivity index (χ2n) is 11.4. The number of imide groups is 1. The summed E-state index contributed by atoms with van der Waals surface area (Å²) in [7, 11) is 0. The van der Waals surface area contributed by atoms with E-state index < -0.39 is 28.4 Å². The molecule has 0 unspecified atom stereocenters. The number of ether oxygens (including phenoxy) is 3. The van der Waals surface area contributed by atoms with E-state index in [1.165, 1.54) is 6.07 Å². The first-order valence-electron chi connectivity index (χ1n) is 13.7. The number of nitro groups is 1. The van der Waals surface area contributed by atoms with Gasteiger partial charge in [-0.1, -0.05) is 18.2 Å². The molecule has 1 fully saturated rings. The van der Waals surface area contributed by atoms with E-state index >= 15 is 0 Å². The highest BCUT2D eigenvalue weighted by atomic mass is 16.7. The molecule has 0 aliphatic carbocycles. The second-order valence-corrected chi connectivity index (χ2v) is 11.4. The smallest absolute Gasteiger partial charge is 0.410 e. The lowest BCUT2D eigenvalue weighted by atomic mass is 9.91. The molecular weight excluding hydrogens is 544 g/mol. The summed E-state index contributed by atoms with van der Waals surface area (Å²) >= 11 is 0. The number of hydrogen-bond acceptors (Lipinski definition) is 9. The molecule has 3 aliphatic heterocycles. The molecule has 42 heavy (non-hydrogen) atoms.